The molecule has 2 heterocycles. The van der Waals surface area contributed by atoms with Crippen LogP contribution >= 0.6 is 0 Å². The number of hydrogen-bond donors (Lipinski definition) is 1. The predicted octanol–water partition coefficient (Wildman–Crippen LogP) is 0.101. The third-order valence-corrected chi connectivity index (χ3v) is 2.16. The quantitative estimate of drug-likeness (QED) is 0.712. The fourth-order valence-electron chi connectivity index (χ4n) is 1.44. The number of hydrogen-bond acceptors (Lipinski definition) is 4. The minimum absolute atomic E-state index is 0.0681. The Balaban J connectivity index is 2.84. The summed E-state index contributed by atoms with van der Waals surface area (Å²) in [5.41, 5.74) is 0.728. The van der Waals surface area contributed by atoms with E-state index >= 15 is 0 Å². The van der Waals surface area contributed by atoms with Crippen molar-refractivity contribution in [1.82, 2.24) is 19.6 Å². The van der Waals surface area contributed by atoms with E-state index in [1.54, 1.807) is 13.8 Å². The molecule has 0 amide bonds. The van der Waals surface area contributed by atoms with E-state index in [0.29, 0.717) is 22.9 Å². The molecule has 1 N–H and O–H groups in total. The van der Waals surface area contributed by atoms with Gasteiger partial charge in [-0.15, -0.1) is 0 Å². The van der Waals surface area contributed by atoms with Crippen LogP contribution < -0.4 is 5.56 Å². The van der Waals surface area contributed by atoms with E-state index in [1.807, 2.05) is 6.07 Å². The fourth-order valence-corrected chi connectivity index (χ4v) is 1.44. The zero-order valence-corrected chi connectivity index (χ0v) is 8.40. The van der Waals surface area contributed by atoms with Gasteiger partial charge in [0, 0.05) is 0 Å². The van der Waals surface area contributed by atoms with E-state index in [1.165, 1.54) is 4.52 Å². The summed E-state index contributed by atoms with van der Waals surface area (Å²) in [7, 11) is 0. The Kier molecular flexibility index (Phi) is 2.01. The van der Waals surface area contributed by atoms with Gasteiger partial charge in [0.15, 0.2) is 0 Å². The standard InChI is InChI=1S/C9H9N5O/c1-5-7(3-4-10)8(15)14-9(11-5)12-6(2)13-14/h3H2,1-2H3,(H,11,12,13). The van der Waals surface area contributed by atoms with Crippen LogP contribution in [0.25, 0.3) is 5.78 Å². The average Bonchev–Trinajstić information content (AvgIpc) is 2.53. The van der Waals surface area contributed by atoms with Crippen molar-refractivity contribution in [2.75, 3.05) is 0 Å². The van der Waals surface area contributed by atoms with E-state index in [-0.39, 0.29) is 12.0 Å². The first-order valence-electron chi connectivity index (χ1n) is 4.45. The van der Waals surface area contributed by atoms with Crippen molar-refractivity contribution in [2.45, 2.75) is 20.3 Å². The third-order valence-electron chi connectivity index (χ3n) is 2.16. The highest BCUT2D eigenvalue weighted by Crippen LogP contribution is 2.02. The molecule has 0 aromatic carbocycles. The molecule has 6 heteroatoms. The number of aryl methyl sites for hydroxylation is 2. The van der Waals surface area contributed by atoms with Crippen molar-refractivity contribution < 1.29 is 0 Å². The number of nitrogens with one attached hydrogen (secondary N) is 1. The second-order valence-corrected chi connectivity index (χ2v) is 3.26. The maximum atomic E-state index is 11.9. The van der Waals surface area contributed by atoms with Gasteiger partial charge in [0.1, 0.15) is 5.82 Å². The molecule has 0 saturated carbocycles. The van der Waals surface area contributed by atoms with Gasteiger partial charge < -0.3 is 0 Å². The number of nitrogens with zero attached hydrogens (tertiary/aromatic N) is 4. The lowest BCUT2D eigenvalue weighted by molar-refractivity contribution is 0.851. The Hall–Kier alpha value is -2.16. The molecule has 0 aliphatic carbocycles. The van der Waals surface area contributed by atoms with Crippen molar-refractivity contribution in [3.05, 3.63) is 27.4 Å². The molecule has 0 fully saturated rings. The Morgan fingerprint density at radius 3 is 2.87 bits per heavy atom. The topological polar surface area (TPSA) is 86.8 Å². The molecule has 0 bridgehead atoms. The number of rotatable bonds is 1. The van der Waals surface area contributed by atoms with Crippen LogP contribution in [0.1, 0.15) is 17.1 Å². The highest BCUT2D eigenvalue weighted by molar-refractivity contribution is 5.32. The molecule has 6 nitrogen and oxygen atoms in total. The summed E-state index contributed by atoms with van der Waals surface area (Å²) in [6.07, 6.45) is 0.0681. The first kappa shape index (κ1) is 9.40. The van der Waals surface area contributed by atoms with E-state index in [9.17, 15) is 4.79 Å². The second kappa shape index (κ2) is 3.20. The third kappa shape index (κ3) is 1.38. The summed E-state index contributed by atoms with van der Waals surface area (Å²) in [4.78, 5) is 20.0. The van der Waals surface area contributed by atoms with Crippen LogP contribution in [0, 0.1) is 25.2 Å². The molecule has 0 atom stereocenters. The lowest BCUT2D eigenvalue weighted by Crippen LogP contribution is -2.21. The molecule has 2 aromatic rings. The lowest BCUT2D eigenvalue weighted by atomic mass is 10.2. The average molecular weight is 203 g/mol. The predicted molar refractivity (Wildman–Crippen MR) is 52.4 cm³/mol. The normalized spacial score (nSPS) is 10.5. The van der Waals surface area contributed by atoms with E-state index in [0.717, 1.165) is 0 Å². The van der Waals surface area contributed by atoms with Crippen LogP contribution in [-0.2, 0) is 6.42 Å². The summed E-state index contributed by atoms with van der Waals surface area (Å²) in [6.45, 7) is 3.45. The van der Waals surface area contributed by atoms with Crippen LogP contribution in [0.2, 0.25) is 0 Å². The summed E-state index contributed by atoms with van der Waals surface area (Å²) in [6, 6.07) is 1.95. The number of fused-ring (bicyclic) bond motifs is 1. The van der Waals surface area contributed by atoms with Crippen molar-refractivity contribution in [3.63, 3.8) is 0 Å². The van der Waals surface area contributed by atoms with Gasteiger partial charge in [0.2, 0.25) is 0 Å². The van der Waals surface area contributed by atoms with Crippen molar-refractivity contribution in [1.29, 1.82) is 5.26 Å². The van der Waals surface area contributed by atoms with Gasteiger partial charge in [0.05, 0.1) is 23.7 Å². The van der Waals surface area contributed by atoms with E-state index in [2.05, 4.69) is 15.1 Å². The fraction of sp³-hybridized carbons (Fsp3) is 0.333. The Labute approximate surface area is 85.2 Å². The molecule has 2 rings (SSSR count). The Bertz CT molecular complexity index is 616. The Morgan fingerprint density at radius 2 is 2.20 bits per heavy atom. The van der Waals surface area contributed by atoms with Crippen LogP contribution in [0.15, 0.2) is 4.79 Å². The first-order valence-corrected chi connectivity index (χ1v) is 4.45. The van der Waals surface area contributed by atoms with Gasteiger partial charge in [0.25, 0.3) is 11.3 Å². The van der Waals surface area contributed by atoms with Crippen molar-refractivity contribution in [3.8, 4) is 6.07 Å². The van der Waals surface area contributed by atoms with Crippen molar-refractivity contribution >= 4 is 5.78 Å². The number of nitriles is 1. The van der Waals surface area contributed by atoms with Gasteiger partial charge in [-0.3, -0.25) is 9.89 Å². The molecule has 15 heavy (non-hydrogen) atoms. The maximum Gasteiger partial charge on any atom is 0.278 e. The van der Waals surface area contributed by atoms with Crippen LogP contribution in [0.3, 0.4) is 0 Å². The summed E-state index contributed by atoms with van der Waals surface area (Å²) in [5, 5.41) is 11.4. The molecule has 76 valence electrons. The highest BCUT2D eigenvalue weighted by atomic mass is 16.1. The number of H-pyrrole nitrogens is 1. The van der Waals surface area contributed by atoms with Crippen LogP contribution in [0.4, 0.5) is 0 Å². The zero-order chi connectivity index (χ0) is 11.0. The molecular formula is C9H9N5O. The van der Waals surface area contributed by atoms with E-state index < -0.39 is 0 Å². The largest absolute Gasteiger partial charge is 0.278 e. The number of aromatic amines is 1. The zero-order valence-electron chi connectivity index (χ0n) is 8.40. The van der Waals surface area contributed by atoms with Gasteiger partial charge in [-0.2, -0.15) is 14.8 Å². The number of aromatic nitrogens is 4. The lowest BCUT2D eigenvalue weighted by Gasteiger charge is -1.99. The Morgan fingerprint density at radius 1 is 1.47 bits per heavy atom. The molecule has 0 unspecified atom stereocenters. The minimum Gasteiger partial charge on any atom is -0.275 e. The smallest absolute Gasteiger partial charge is 0.275 e. The molecule has 2 aromatic heterocycles. The maximum absolute atomic E-state index is 11.9. The van der Waals surface area contributed by atoms with Gasteiger partial charge in [-0.25, -0.2) is 4.98 Å². The highest BCUT2D eigenvalue weighted by Gasteiger charge is 2.11. The van der Waals surface area contributed by atoms with Crippen molar-refractivity contribution in [2.24, 2.45) is 0 Å². The van der Waals surface area contributed by atoms with Crippen LogP contribution in [-0.4, -0.2) is 19.6 Å². The SMILES string of the molecule is Cc1nc2nc(C)c(CC#N)c(=O)n2[nH]1. The molecule has 0 radical (unpaired) electrons. The summed E-state index contributed by atoms with van der Waals surface area (Å²) < 4.78 is 1.26. The summed E-state index contributed by atoms with van der Waals surface area (Å²) in [5.74, 6) is 0.963. The molecule has 0 aliphatic heterocycles. The first-order chi connectivity index (χ1) is 7.13. The minimum atomic E-state index is -0.250. The molecule has 0 saturated heterocycles. The molecule has 0 spiro atoms. The monoisotopic (exact) mass is 203 g/mol. The summed E-state index contributed by atoms with van der Waals surface area (Å²) >= 11 is 0. The molecular weight excluding hydrogens is 194 g/mol. The van der Waals surface area contributed by atoms with E-state index in [4.69, 9.17) is 5.26 Å². The molecule has 0 aliphatic rings. The van der Waals surface area contributed by atoms with Gasteiger partial charge in [-0.1, -0.05) is 0 Å². The van der Waals surface area contributed by atoms with Gasteiger partial charge in [-0.05, 0) is 13.8 Å². The van der Waals surface area contributed by atoms with Gasteiger partial charge >= 0.3 is 0 Å². The van der Waals surface area contributed by atoms with Crippen LogP contribution in [0.5, 0.6) is 0 Å². The second-order valence-electron chi connectivity index (χ2n) is 3.26.